The Bertz CT molecular complexity index is 505. The molecule has 1 atom stereocenters. The third-order valence-electron chi connectivity index (χ3n) is 3.21. The van der Waals surface area contributed by atoms with E-state index in [1.807, 2.05) is 11.7 Å². The highest BCUT2D eigenvalue weighted by atomic mass is 32.1. The van der Waals surface area contributed by atoms with Gasteiger partial charge in [0.25, 0.3) is 0 Å². The molecule has 2 aromatic rings. The molecule has 19 heavy (non-hydrogen) atoms. The maximum absolute atomic E-state index is 5.46. The van der Waals surface area contributed by atoms with Gasteiger partial charge in [-0.15, -0.1) is 0 Å². The zero-order chi connectivity index (χ0) is 13.8. The summed E-state index contributed by atoms with van der Waals surface area (Å²) >= 11 is 1.73. The number of hydrogen-bond acceptors (Lipinski definition) is 4. The van der Waals surface area contributed by atoms with Crippen molar-refractivity contribution in [3.8, 4) is 5.75 Å². The third kappa shape index (κ3) is 2.98. The first kappa shape index (κ1) is 14.1. The minimum absolute atomic E-state index is 0.203. The summed E-state index contributed by atoms with van der Waals surface area (Å²) in [4.78, 5) is 0. The summed E-state index contributed by atoms with van der Waals surface area (Å²) in [5.41, 5.74) is 2.45. The summed E-state index contributed by atoms with van der Waals surface area (Å²) in [5, 5.41) is 12.1. The summed E-state index contributed by atoms with van der Waals surface area (Å²) in [7, 11) is 3.68. The summed E-state index contributed by atoms with van der Waals surface area (Å²) in [6.07, 6.45) is 2.74. The van der Waals surface area contributed by atoms with Crippen LogP contribution in [0.4, 0.5) is 0 Å². The maximum Gasteiger partial charge on any atom is 0.161 e. The van der Waals surface area contributed by atoms with Gasteiger partial charge in [-0.1, -0.05) is 0 Å². The number of nitrogens with one attached hydrogen (secondary N) is 1. The van der Waals surface area contributed by atoms with Crippen LogP contribution in [0.3, 0.4) is 0 Å². The molecular weight excluding hydrogens is 258 g/mol. The van der Waals surface area contributed by atoms with Crippen molar-refractivity contribution in [1.82, 2.24) is 15.1 Å². The van der Waals surface area contributed by atoms with Crippen molar-refractivity contribution in [2.24, 2.45) is 0 Å². The molecule has 4 nitrogen and oxygen atoms in total. The Morgan fingerprint density at radius 2 is 2.26 bits per heavy atom. The Morgan fingerprint density at radius 1 is 1.47 bits per heavy atom. The highest BCUT2D eigenvalue weighted by Crippen LogP contribution is 2.29. The van der Waals surface area contributed by atoms with Gasteiger partial charge < -0.3 is 10.1 Å². The topological polar surface area (TPSA) is 39.1 Å². The third-order valence-corrected chi connectivity index (χ3v) is 3.94. The summed E-state index contributed by atoms with van der Waals surface area (Å²) in [6, 6.07) is 2.68. The van der Waals surface area contributed by atoms with E-state index in [2.05, 4.69) is 41.1 Å². The smallest absolute Gasteiger partial charge is 0.161 e. The van der Waals surface area contributed by atoms with Crippen molar-refractivity contribution in [2.75, 3.05) is 14.2 Å². The lowest BCUT2D eigenvalue weighted by atomic mass is 10.1. The first-order valence-corrected chi connectivity index (χ1v) is 7.41. The van der Waals surface area contributed by atoms with Crippen LogP contribution in [0, 0.1) is 0 Å². The standard InChI is InChI=1S/C14H21N3OS/c1-10(2)17-14(13(18-4)8-16-17)12(15-3)7-11-5-6-19-9-11/h5-6,8-10,12,15H,7H2,1-4H3. The quantitative estimate of drug-likeness (QED) is 0.883. The summed E-state index contributed by atoms with van der Waals surface area (Å²) < 4.78 is 7.49. The van der Waals surface area contributed by atoms with Gasteiger partial charge in [0, 0.05) is 6.04 Å². The lowest BCUT2D eigenvalue weighted by Crippen LogP contribution is -2.23. The second-order valence-electron chi connectivity index (χ2n) is 4.81. The van der Waals surface area contributed by atoms with E-state index in [-0.39, 0.29) is 6.04 Å². The fraction of sp³-hybridized carbons (Fsp3) is 0.500. The summed E-state index contributed by atoms with van der Waals surface area (Å²) in [6.45, 7) is 4.26. The molecule has 0 saturated carbocycles. The molecule has 0 aromatic carbocycles. The van der Waals surface area contributed by atoms with Crippen LogP contribution < -0.4 is 10.1 Å². The van der Waals surface area contributed by atoms with E-state index in [9.17, 15) is 0 Å². The van der Waals surface area contributed by atoms with Crippen LogP contribution >= 0.6 is 11.3 Å². The number of likely N-dealkylation sites (N-methyl/N-ethyl adjacent to an activating group) is 1. The number of nitrogens with zero attached hydrogens (tertiary/aromatic N) is 2. The molecule has 0 amide bonds. The molecule has 0 aliphatic heterocycles. The molecule has 104 valence electrons. The predicted molar refractivity (Wildman–Crippen MR) is 79.0 cm³/mol. The zero-order valence-corrected chi connectivity index (χ0v) is 12.7. The van der Waals surface area contributed by atoms with Gasteiger partial charge in [0.1, 0.15) is 0 Å². The number of hydrogen-bond donors (Lipinski definition) is 1. The van der Waals surface area contributed by atoms with Crippen LogP contribution in [0.15, 0.2) is 23.0 Å². The molecular formula is C14H21N3OS. The van der Waals surface area contributed by atoms with Crippen LogP contribution in [-0.4, -0.2) is 23.9 Å². The maximum atomic E-state index is 5.46. The van der Waals surface area contributed by atoms with E-state index in [0.717, 1.165) is 17.9 Å². The molecule has 0 saturated heterocycles. The van der Waals surface area contributed by atoms with E-state index in [1.165, 1.54) is 5.56 Å². The Hall–Kier alpha value is -1.33. The molecule has 0 aliphatic carbocycles. The van der Waals surface area contributed by atoms with Crippen LogP contribution in [0.1, 0.15) is 37.2 Å². The molecule has 2 rings (SSSR count). The van der Waals surface area contributed by atoms with Crippen LogP contribution in [0.5, 0.6) is 5.75 Å². The normalized spacial score (nSPS) is 12.9. The number of methoxy groups -OCH3 is 1. The van der Waals surface area contributed by atoms with Gasteiger partial charge in [-0.25, -0.2) is 0 Å². The molecule has 0 aliphatic rings. The van der Waals surface area contributed by atoms with E-state index >= 15 is 0 Å². The molecule has 0 spiro atoms. The summed E-state index contributed by atoms with van der Waals surface area (Å²) in [5.74, 6) is 0.850. The van der Waals surface area contributed by atoms with Gasteiger partial charge in [-0.05, 0) is 49.7 Å². The molecule has 0 radical (unpaired) electrons. The lowest BCUT2D eigenvalue weighted by Gasteiger charge is -2.20. The molecule has 1 N–H and O–H groups in total. The molecule has 2 heterocycles. The minimum atomic E-state index is 0.203. The highest BCUT2D eigenvalue weighted by molar-refractivity contribution is 7.07. The Balaban J connectivity index is 2.33. The van der Waals surface area contributed by atoms with Crippen LogP contribution in [0.25, 0.3) is 0 Å². The first-order chi connectivity index (χ1) is 9.17. The van der Waals surface area contributed by atoms with Gasteiger partial charge in [-0.2, -0.15) is 16.4 Å². The number of thiophene rings is 1. The predicted octanol–water partition coefficient (Wildman–Crippen LogP) is 3.04. The fourth-order valence-electron chi connectivity index (χ4n) is 2.24. The lowest BCUT2D eigenvalue weighted by molar-refractivity contribution is 0.388. The van der Waals surface area contributed by atoms with Crippen molar-refractivity contribution < 1.29 is 4.74 Å². The van der Waals surface area contributed by atoms with Crippen molar-refractivity contribution in [3.63, 3.8) is 0 Å². The van der Waals surface area contributed by atoms with Crippen molar-refractivity contribution in [2.45, 2.75) is 32.4 Å². The van der Waals surface area contributed by atoms with Crippen molar-refractivity contribution in [3.05, 3.63) is 34.3 Å². The van der Waals surface area contributed by atoms with Crippen molar-refractivity contribution in [1.29, 1.82) is 0 Å². The SMILES string of the molecule is CNC(Cc1ccsc1)c1c(OC)cnn1C(C)C. The number of aromatic nitrogens is 2. The second-order valence-corrected chi connectivity index (χ2v) is 5.59. The minimum Gasteiger partial charge on any atom is -0.493 e. The molecule has 0 bridgehead atoms. The molecule has 5 heteroatoms. The number of ether oxygens (including phenoxy) is 1. The first-order valence-electron chi connectivity index (χ1n) is 6.47. The van der Waals surface area contributed by atoms with E-state index in [0.29, 0.717) is 6.04 Å². The van der Waals surface area contributed by atoms with Crippen LogP contribution in [-0.2, 0) is 6.42 Å². The average molecular weight is 279 g/mol. The Kier molecular flexibility index (Phi) is 4.61. The fourth-order valence-corrected chi connectivity index (χ4v) is 2.92. The highest BCUT2D eigenvalue weighted by Gasteiger charge is 2.22. The largest absolute Gasteiger partial charge is 0.493 e. The molecule has 0 fully saturated rings. The molecule has 2 aromatic heterocycles. The van der Waals surface area contributed by atoms with Gasteiger partial charge >= 0.3 is 0 Å². The molecule has 1 unspecified atom stereocenters. The van der Waals surface area contributed by atoms with E-state index < -0.39 is 0 Å². The average Bonchev–Trinajstić information content (AvgIpc) is 3.04. The van der Waals surface area contributed by atoms with Crippen molar-refractivity contribution >= 4 is 11.3 Å². The van der Waals surface area contributed by atoms with Gasteiger partial charge in [0.15, 0.2) is 5.75 Å². The van der Waals surface area contributed by atoms with E-state index in [4.69, 9.17) is 4.74 Å². The van der Waals surface area contributed by atoms with Gasteiger partial charge in [0.2, 0.25) is 0 Å². The monoisotopic (exact) mass is 279 g/mol. The van der Waals surface area contributed by atoms with E-state index in [1.54, 1.807) is 24.6 Å². The van der Waals surface area contributed by atoms with Crippen LogP contribution in [0.2, 0.25) is 0 Å². The second kappa shape index (κ2) is 6.21. The Morgan fingerprint density at radius 3 is 2.79 bits per heavy atom. The Labute approximate surface area is 118 Å². The van der Waals surface area contributed by atoms with Gasteiger partial charge in [-0.3, -0.25) is 4.68 Å². The van der Waals surface area contributed by atoms with Gasteiger partial charge in [0.05, 0.1) is 25.0 Å². The number of rotatable bonds is 6. The zero-order valence-electron chi connectivity index (χ0n) is 11.9.